The van der Waals surface area contributed by atoms with Gasteiger partial charge in [0.15, 0.2) is 17.5 Å². The summed E-state index contributed by atoms with van der Waals surface area (Å²) in [5.74, 6) is 2.43. The Morgan fingerprint density at radius 2 is 2.03 bits per heavy atom. The number of nitrogens with one attached hydrogen (secondary N) is 2. The summed E-state index contributed by atoms with van der Waals surface area (Å²) >= 11 is 1.58. The molecule has 12 heteroatoms. The van der Waals surface area contributed by atoms with Gasteiger partial charge in [0.25, 0.3) is 0 Å². The van der Waals surface area contributed by atoms with Crippen molar-refractivity contribution in [3.05, 3.63) is 46.5 Å². The van der Waals surface area contributed by atoms with Crippen molar-refractivity contribution in [2.24, 2.45) is 14.1 Å². The van der Waals surface area contributed by atoms with E-state index in [0.29, 0.717) is 29.8 Å². The van der Waals surface area contributed by atoms with Crippen molar-refractivity contribution in [1.82, 2.24) is 44.1 Å². The number of imidazole rings is 1. The van der Waals surface area contributed by atoms with Gasteiger partial charge in [-0.1, -0.05) is 0 Å². The van der Waals surface area contributed by atoms with Crippen molar-refractivity contribution in [3.63, 3.8) is 0 Å². The minimum atomic E-state index is -0.261. The molecule has 0 saturated carbocycles. The third kappa shape index (κ3) is 3.61. The molecular weight excluding hydrogens is 440 g/mol. The Morgan fingerprint density at radius 3 is 2.67 bits per heavy atom. The summed E-state index contributed by atoms with van der Waals surface area (Å²) < 4.78 is 5.30. The van der Waals surface area contributed by atoms with Gasteiger partial charge in [-0.05, 0) is 32.4 Å². The largest absolute Gasteiger partial charge is 0.362 e. The Kier molecular flexibility index (Phi) is 5.08. The van der Waals surface area contributed by atoms with Crippen LogP contribution in [0.3, 0.4) is 0 Å². The molecule has 0 fully saturated rings. The number of H-pyrrole nitrogens is 1. The van der Waals surface area contributed by atoms with Crippen LogP contribution < -0.4 is 11.0 Å². The van der Waals surface area contributed by atoms with Gasteiger partial charge in [-0.25, -0.2) is 24.8 Å². The Hall–Kier alpha value is -3.80. The molecule has 5 heterocycles. The van der Waals surface area contributed by atoms with E-state index in [9.17, 15) is 4.79 Å². The predicted octanol–water partition coefficient (Wildman–Crippen LogP) is 2.88. The van der Waals surface area contributed by atoms with E-state index in [-0.39, 0.29) is 11.7 Å². The molecule has 0 amide bonds. The molecule has 0 aromatic carbocycles. The molecule has 33 heavy (non-hydrogen) atoms. The second-order valence-electron chi connectivity index (χ2n) is 8.13. The zero-order chi connectivity index (χ0) is 23.3. The molecule has 2 N–H and O–H groups in total. The smallest absolute Gasteiger partial charge is 0.343 e. The summed E-state index contributed by atoms with van der Waals surface area (Å²) in [6.45, 7) is 6.59. The maximum atomic E-state index is 11.7. The molecule has 0 spiro atoms. The first-order valence-corrected chi connectivity index (χ1v) is 11.3. The summed E-state index contributed by atoms with van der Waals surface area (Å²) in [6, 6.07) is 2.30. The average molecular weight is 465 g/mol. The summed E-state index contributed by atoms with van der Waals surface area (Å²) in [5.41, 5.74) is 1.69. The molecule has 0 aliphatic rings. The van der Waals surface area contributed by atoms with Crippen molar-refractivity contribution < 1.29 is 0 Å². The number of hydrogen-bond donors (Lipinski definition) is 2. The molecule has 0 bridgehead atoms. The predicted molar refractivity (Wildman–Crippen MR) is 127 cm³/mol. The van der Waals surface area contributed by atoms with E-state index in [2.05, 4.69) is 41.3 Å². The number of fused-ring (bicyclic) bond motifs is 1. The Morgan fingerprint density at radius 1 is 1.21 bits per heavy atom. The Labute approximate surface area is 193 Å². The molecule has 0 aliphatic carbocycles. The summed E-state index contributed by atoms with van der Waals surface area (Å²) in [7, 11) is 3.59. The molecule has 170 valence electrons. The van der Waals surface area contributed by atoms with Gasteiger partial charge >= 0.3 is 5.69 Å². The van der Waals surface area contributed by atoms with Crippen molar-refractivity contribution in [3.8, 4) is 22.2 Å². The van der Waals surface area contributed by atoms with Crippen molar-refractivity contribution in [1.29, 1.82) is 0 Å². The third-order valence-corrected chi connectivity index (χ3v) is 6.78. The van der Waals surface area contributed by atoms with Crippen molar-refractivity contribution in [2.75, 3.05) is 5.32 Å². The zero-order valence-electron chi connectivity index (χ0n) is 19.0. The number of aromatic amines is 1. The SMILES string of the molecule is Cc1c(-c2ccn(C(C)C)n2)sc2nc(-c3nccn3C)nc(NCc3n[nH]c(=O)n3C)c12. The van der Waals surface area contributed by atoms with Crippen molar-refractivity contribution >= 4 is 27.4 Å². The van der Waals surface area contributed by atoms with Crippen LogP contribution in [0, 0.1) is 6.92 Å². The molecule has 5 rings (SSSR count). The number of hydrogen-bond acceptors (Lipinski definition) is 8. The fourth-order valence-electron chi connectivity index (χ4n) is 3.64. The van der Waals surface area contributed by atoms with Gasteiger partial charge in [-0.2, -0.15) is 10.2 Å². The van der Waals surface area contributed by atoms with Crippen LogP contribution in [0.2, 0.25) is 0 Å². The van der Waals surface area contributed by atoms with E-state index in [0.717, 1.165) is 26.4 Å². The summed E-state index contributed by atoms with van der Waals surface area (Å²) in [6.07, 6.45) is 5.57. The summed E-state index contributed by atoms with van der Waals surface area (Å²) in [5, 5.41) is 15.6. The highest BCUT2D eigenvalue weighted by atomic mass is 32.1. The van der Waals surface area contributed by atoms with E-state index < -0.39 is 0 Å². The normalized spacial score (nSPS) is 11.7. The van der Waals surface area contributed by atoms with Crippen LogP contribution in [0.25, 0.3) is 32.4 Å². The molecule has 11 nitrogen and oxygen atoms in total. The first-order chi connectivity index (χ1) is 15.8. The first-order valence-electron chi connectivity index (χ1n) is 10.5. The van der Waals surface area contributed by atoms with Crippen LogP contribution in [0.4, 0.5) is 5.82 Å². The summed E-state index contributed by atoms with van der Waals surface area (Å²) in [4.78, 5) is 27.7. The van der Waals surface area contributed by atoms with E-state index in [1.54, 1.807) is 24.6 Å². The lowest BCUT2D eigenvalue weighted by atomic mass is 10.1. The average Bonchev–Trinajstić information content (AvgIpc) is 3.56. The van der Waals surface area contributed by atoms with Gasteiger partial charge in [0.1, 0.15) is 16.3 Å². The maximum absolute atomic E-state index is 11.7. The lowest BCUT2D eigenvalue weighted by Crippen LogP contribution is -2.16. The van der Waals surface area contributed by atoms with E-state index in [1.807, 2.05) is 34.8 Å². The second kappa shape index (κ2) is 7.96. The monoisotopic (exact) mass is 464 g/mol. The molecule has 0 radical (unpaired) electrons. The Bertz CT molecular complexity index is 1520. The van der Waals surface area contributed by atoms with Gasteiger partial charge in [0, 0.05) is 38.7 Å². The second-order valence-corrected chi connectivity index (χ2v) is 9.13. The van der Waals surface area contributed by atoms with Crippen LogP contribution in [0.1, 0.15) is 31.3 Å². The fourth-order valence-corrected chi connectivity index (χ4v) is 4.79. The minimum Gasteiger partial charge on any atom is -0.362 e. The Balaban J connectivity index is 1.65. The highest BCUT2D eigenvalue weighted by Gasteiger charge is 2.21. The van der Waals surface area contributed by atoms with E-state index in [4.69, 9.17) is 15.1 Å². The van der Waals surface area contributed by atoms with Crippen LogP contribution in [0.5, 0.6) is 0 Å². The maximum Gasteiger partial charge on any atom is 0.343 e. The fraction of sp³-hybridized carbons (Fsp3) is 0.333. The molecule has 0 saturated heterocycles. The molecule has 0 unspecified atom stereocenters. The minimum absolute atomic E-state index is 0.261. The first kappa shape index (κ1) is 21.1. The van der Waals surface area contributed by atoms with Gasteiger partial charge in [-0.3, -0.25) is 9.25 Å². The van der Waals surface area contributed by atoms with Crippen LogP contribution in [0.15, 0.2) is 29.5 Å². The number of aryl methyl sites for hydroxylation is 2. The highest BCUT2D eigenvalue weighted by molar-refractivity contribution is 7.22. The molecule has 0 atom stereocenters. The van der Waals surface area contributed by atoms with Crippen LogP contribution in [-0.2, 0) is 20.6 Å². The molecule has 5 aromatic rings. The highest BCUT2D eigenvalue weighted by Crippen LogP contribution is 2.40. The van der Waals surface area contributed by atoms with Gasteiger partial charge in [-0.15, -0.1) is 11.3 Å². The van der Waals surface area contributed by atoms with Crippen LogP contribution >= 0.6 is 11.3 Å². The molecule has 0 aliphatic heterocycles. The zero-order valence-corrected chi connectivity index (χ0v) is 19.8. The van der Waals surface area contributed by atoms with E-state index in [1.165, 1.54) is 4.57 Å². The van der Waals surface area contributed by atoms with Gasteiger partial charge in [0.05, 0.1) is 16.8 Å². The van der Waals surface area contributed by atoms with Crippen LogP contribution in [-0.4, -0.2) is 44.1 Å². The van der Waals surface area contributed by atoms with Gasteiger partial charge < -0.3 is 9.88 Å². The number of anilines is 1. The molecule has 5 aromatic heterocycles. The molecular formula is C21H24N10OS. The number of rotatable bonds is 6. The lowest BCUT2D eigenvalue weighted by molar-refractivity contribution is 0.534. The van der Waals surface area contributed by atoms with Crippen molar-refractivity contribution in [2.45, 2.75) is 33.4 Å². The topological polar surface area (TPSA) is 124 Å². The number of aromatic nitrogens is 9. The number of thiophene rings is 1. The lowest BCUT2D eigenvalue weighted by Gasteiger charge is -2.09. The van der Waals surface area contributed by atoms with Gasteiger partial charge in [0.2, 0.25) is 0 Å². The van der Waals surface area contributed by atoms with E-state index >= 15 is 0 Å². The quantitative estimate of drug-likeness (QED) is 0.396. The standard InChI is InChI=1S/C21H24N10OS/c1-11(2)31-8-6-13(28-31)16-12(3)15-17(23-10-14-26-27-21(32)30(14)5)24-18(25-20(15)33-16)19-22-7-9-29(19)4/h6-9,11H,10H2,1-5H3,(H,27,32)(H,23,24,25). The number of nitrogens with zero attached hydrogens (tertiary/aromatic N) is 8. The third-order valence-electron chi connectivity index (χ3n) is 5.57.